The minimum absolute atomic E-state index is 0.157. The average molecular weight is 891 g/mol. The second-order valence-corrected chi connectivity index (χ2v) is 20.4. The van der Waals surface area contributed by atoms with E-state index in [1.807, 2.05) is 0 Å². The van der Waals surface area contributed by atoms with Crippen molar-refractivity contribution in [3.8, 4) is 22.5 Å². The number of nitrogens with zero attached hydrogens (tertiary/aromatic N) is 2. The van der Waals surface area contributed by atoms with E-state index in [0.717, 1.165) is 36.0 Å². The van der Waals surface area contributed by atoms with E-state index >= 15 is 0 Å². The van der Waals surface area contributed by atoms with Gasteiger partial charge in [0.2, 0.25) is 0 Å². The van der Waals surface area contributed by atoms with Crippen LogP contribution in [0.15, 0.2) is 194 Å². The molecule has 14 aromatic rings. The molecule has 326 valence electrons. The summed E-state index contributed by atoms with van der Waals surface area (Å²) in [5, 5.41) is 21.2. The van der Waals surface area contributed by atoms with Crippen molar-refractivity contribution in [2.45, 2.75) is 43.3 Å². The average Bonchev–Trinajstić information content (AvgIpc) is 4.24. The molecule has 3 heteroatoms. The van der Waals surface area contributed by atoms with Gasteiger partial charge in [0.15, 0.2) is 0 Å². The molecule has 4 bridgehead atoms. The van der Waals surface area contributed by atoms with E-state index in [1.165, 1.54) is 136 Å². The van der Waals surface area contributed by atoms with Crippen LogP contribution in [0.5, 0.6) is 0 Å². The highest BCUT2D eigenvalue weighted by Crippen LogP contribution is 2.61. The fraction of sp³-hybridized carbons (Fsp3) is 0.104. The quantitative estimate of drug-likeness (QED) is 0.128. The fourth-order valence-corrected chi connectivity index (χ4v) is 14.3. The van der Waals surface area contributed by atoms with E-state index in [-0.39, 0.29) is 12.2 Å². The number of aromatic nitrogens is 2. The van der Waals surface area contributed by atoms with Crippen molar-refractivity contribution in [2.24, 2.45) is 0 Å². The summed E-state index contributed by atoms with van der Waals surface area (Å²) in [5.74, 6) is 0.870. The zero-order chi connectivity index (χ0) is 45.3. The zero-order valence-electron chi connectivity index (χ0n) is 38.2. The number of ether oxygens (including phenoxy) is 1. The van der Waals surface area contributed by atoms with Crippen LogP contribution in [0.25, 0.3) is 120 Å². The highest BCUT2D eigenvalue weighted by atomic mass is 16.5. The molecular formula is C67H42N2O. The maximum atomic E-state index is 6.51. The molecule has 70 heavy (non-hydrogen) atoms. The van der Waals surface area contributed by atoms with Gasteiger partial charge in [-0.05, 0) is 129 Å². The van der Waals surface area contributed by atoms with Gasteiger partial charge in [-0.3, -0.25) is 0 Å². The molecule has 1 fully saturated rings. The summed E-state index contributed by atoms with van der Waals surface area (Å²) in [6.07, 6.45) is 3.67. The Balaban J connectivity index is 0.000000117. The lowest BCUT2D eigenvalue weighted by Gasteiger charge is -2.25. The molecule has 1 saturated heterocycles. The van der Waals surface area contributed by atoms with Gasteiger partial charge in [-0.2, -0.15) is 0 Å². The van der Waals surface area contributed by atoms with Crippen LogP contribution in [-0.2, 0) is 4.74 Å². The van der Waals surface area contributed by atoms with Gasteiger partial charge in [-0.15, -0.1) is 0 Å². The van der Waals surface area contributed by atoms with Crippen LogP contribution in [0.2, 0.25) is 0 Å². The molecule has 4 atom stereocenters. The molecule has 12 aromatic carbocycles. The topological polar surface area (TPSA) is 35.0 Å². The number of rotatable bonds is 2. The van der Waals surface area contributed by atoms with Crippen LogP contribution in [-0.4, -0.2) is 9.97 Å². The van der Waals surface area contributed by atoms with E-state index in [4.69, 9.17) is 14.7 Å². The maximum absolute atomic E-state index is 6.51. The number of hydrogen-bond acceptors (Lipinski definition) is 3. The predicted octanol–water partition coefficient (Wildman–Crippen LogP) is 17.6. The van der Waals surface area contributed by atoms with Crippen LogP contribution in [0.3, 0.4) is 0 Å². The first-order valence-electron chi connectivity index (χ1n) is 25.1. The van der Waals surface area contributed by atoms with Gasteiger partial charge in [0.1, 0.15) is 0 Å². The Morgan fingerprint density at radius 2 is 0.900 bits per heavy atom. The van der Waals surface area contributed by atoms with Crippen LogP contribution >= 0.6 is 0 Å². The Morgan fingerprint density at radius 3 is 1.63 bits per heavy atom. The van der Waals surface area contributed by atoms with Crippen molar-refractivity contribution in [3.63, 3.8) is 0 Å². The second-order valence-electron chi connectivity index (χ2n) is 20.4. The lowest BCUT2D eigenvalue weighted by Crippen LogP contribution is -2.08. The molecule has 4 heterocycles. The van der Waals surface area contributed by atoms with Crippen molar-refractivity contribution >= 4 is 97.2 Å². The van der Waals surface area contributed by atoms with Crippen molar-refractivity contribution in [2.75, 3.05) is 0 Å². The SMILES string of the molecule is c1ccc(-c2nc3c(cc4c5cccc6cccc(c7cccc3c74)c65)c3c2C2CCC3O2)cc1.c1ccc(-c2nc3cc4ccc5cccc6ccc(c3c3c2C2CC3c3ccccc32)c4c56)cc1. The number of pyridine rings is 2. The summed E-state index contributed by atoms with van der Waals surface area (Å²) >= 11 is 0. The fourth-order valence-electron chi connectivity index (χ4n) is 14.3. The van der Waals surface area contributed by atoms with Gasteiger partial charge in [0.25, 0.3) is 0 Å². The van der Waals surface area contributed by atoms with Gasteiger partial charge in [-0.25, -0.2) is 9.97 Å². The zero-order valence-corrected chi connectivity index (χ0v) is 38.2. The summed E-state index contributed by atoms with van der Waals surface area (Å²) < 4.78 is 6.51. The molecule has 4 unspecified atom stereocenters. The third kappa shape index (κ3) is 4.87. The first kappa shape index (κ1) is 37.7. The van der Waals surface area contributed by atoms with E-state index in [1.54, 1.807) is 0 Å². The largest absolute Gasteiger partial charge is 0.365 e. The molecule has 2 aliphatic carbocycles. The summed E-state index contributed by atoms with van der Waals surface area (Å²) in [6, 6.07) is 71.3. The Hall–Kier alpha value is -8.24. The first-order valence-corrected chi connectivity index (χ1v) is 25.1. The third-order valence-electron chi connectivity index (χ3n) is 17.0. The molecule has 0 N–H and O–H groups in total. The van der Waals surface area contributed by atoms with Crippen LogP contribution in [0.1, 0.15) is 76.7 Å². The number of hydrogen-bond donors (Lipinski definition) is 0. The molecule has 2 aliphatic heterocycles. The van der Waals surface area contributed by atoms with Gasteiger partial charge >= 0.3 is 0 Å². The highest BCUT2D eigenvalue weighted by molar-refractivity contribution is 6.36. The lowest BCUT2D eigenvalue weighted by molar-refractivity contribution is 0.0722. The number of benzene rings is 12. The Labute approximate surface area is 403 Å². The predicted molar refractivity (Wildman–Crippen MR) is 290 cm³/mol. The van der Waals surface area contributed by atoms with Gasteiger partial charge < -0.3 is 4.74 Å². The van der Waals surface area contributed by atoms with Crippen LogP contribution < -0.4 is 0 Å². The Bertz CT molecular complexity index is 4540. The lowest BCUT2D eigenvalue weighted by atomic mass is 9.80. The van der Waals surface area contributed by atoms with Crippen molar-refractivity contribution < 1.29 is 4.74 Å². The van der Waals surface area contributed by atoms with Gasteiger partial charge in [-0.1, -0.05) is 182 Å². The van der Waals surface area contributed by atoms with Crippen molar-refractivity contribution in [1.82, 2.24) is 9.97 Å². The summed E-state index contributed by atoms with van der Waals surface area (Å²) in [5.41, 5.74) is 15.6. The van der Waals surface area contributed by atoms with E-state index < -0.39 is 0 Å². The molecule has 0 amide bonds. The van der Waals surface area contributed by atoms with Gasteiger partial charge in [0.05, 0.1) is 34.6 Å². The minimum atomic E-state index is 0.157. The maximum Gasteiger partial charge on any atom is 0.0859 e. The smallest absolute Gasteiger partial charge is 0.0859 e. The molecule has 18 rings (SSSR count). The molecular weight excluding hydrogens is 849 g/mol. The molecule has 3 nitrogen and oxygen atoms in total. The molecule has 2 aromatic heterocycles. The Kier molecular flexibility index (Phi) is 7.39. The van der Waals surface area contributed by atoms with E-state index in [0.29, 0.717) is 11.8 Å². The molecule has 4 aliphatic rings. The number of fused-ring (bicyclic) bond motifs is 21. The first-order chi connectivity index (χ1) is 34.7. The van der Waals surface area contributed by atoms with Crippen molar-refractivity contribution in [1.29, 1.82) is 0 Å². The Morgan fingerprint density at radius 1 is 0.343 bits per heavy atom. The standard InChI is InChI=1S/C34H21N.C33H21NO/c1-2-7-21(8-3-1)34-33-27-18-26(23-11-4-5-12-24(23)27)32(33)31-25-16-15-20-10-6-9-19-13-14-22(17-28(31)35-34)30(25)29(19)20;1-2-7-19(8-3-1)32-31-27-16-15-26(35-27)30(31)25-17-24-22-12-5-10-18-9-4-11-20(28(18)22)21-13-6-14-23(29(21)24)33(25)34-32/h1-17,26-27H,18H2;1-14,17,26-27H,15-16H2. The molecule has 0 spiro atoms. The summed E-state index contributed by atoms with van der Waals surface area (Å²) in [7, 11) is 0. The normalized spacial score (nSPS) is 18.6. The molecule has 0 radical (unpaired) electrons. The highest BCUT2D eigenvalue weighted by Gasteiger charge is 2.45. The summed E-state index contributed by atoms with van der Waals surface area (Å²) in [4.78, 5) is 10.9. The molecule has 0 saturated carbocycles. The van der Waals surface area contributed by atoms with Crippen LogP contribution in [0, 0.1) is 0 Å². The monoisotopic (exact) mass is 890 g/mol. The third-order valence-corrected chi connectivity index (χ3v) is 17.0. The van der Waals surface area contributed by atoms with E-state index in [9.17, 15) is 0 Å². The van der Waals surface area contributed by atoms with E-state index in [2.05, 4.69) is 194 Å². The van der Waals surface area contributed by atoms with Crippen LogP contribution in [0.4, 0.5) is 0 Å². The van der Waals surface area contributed by atoms with Gasteiger partial charge in [0, 0.05) is 44.7 Å². The summed E-state index contributed by atoms with van der Waals surface area (Å²) in [6.45, 7) is 0. The second kappa shape index (κ2) is 13.7. The van der Waals surface area contributed by atoms with Crippen molar-refractivity contribution in [3.05, 3.63) is 228 Å². The minimum Gasteiger partial charge on any atom is -0.365 e.